The van der Waals surface area contributed by atoms with Crippen LogP contribution >= 0.6 is 23.2 Å². The maximum atomic E-state index is 12.9. The van der Waals surface area contributed by atoms with Gasteiger partial charge in [-0.15, -0.1) is 0 Å². The largest absolute Gasteiger partial charge is 0.344 e. The summed E-state index contributed by atoms with van der Waals surface area (Å²) in [6.45, 7) is 3.72. The molecule has 0 radical (unpaired) electrons. The molecule has 7 nitrogen and oxygen atoms in total. The van der Waals surface area contributed by atoms with Gasteiger partial charge in [0.2, 0.25) is 5.91 Å². The lowest BCUT2D eigenvalue weighted by Crippen LogP contribution is -2.36. The monoisotopic (exact) mass is 463 g/mol. The number of benzene rings is 1. The summed E-state index contributed by atoms with van der Waals surface area (Å²) >= 11 is 12.5. The van der Waals surface area contributed by atoms with Gasteiger partial charge in [-0.05, 0) is 55.5 Å². The molecule has 2 amide bonds. The summed E-state index contributed by atoms with van der Waals surface area (Å²) in [7, 11) is 3.80. The van der Waals surface area contributed by atoms with E-state index in [0.717, 1.165) is 43.1 Å². The van der Waals surface area contributed by atoms with Crippen molar-refractivity contribution < 1.29 is 9.59 Å². The number of hydrogen-bond donors (Lipinski definition) is 0. The molecule has 0 unspecified atom stereocenters. The van der Waals surface area contributed by atoms with Gasteiger partial charge in [-0.2, -0.15) is 9.78 Å². The first-order valence-corrected chi connectivity index (χ1v) is 11.2. The van der Waals surface area contributed by atoms with E-state index >= 15 is 0 Å². The molecule has 2 fully saturated rings. The van der Waals surface area contributed by atoms with Crippen molar-refractivity contribution in [2.24, 2.45) is 11.8 Å². The van der Waals surface area contributed by atoms with E-state index in [1.165, 1.54) is 16.5 Å². The van der Waals surface area contributed by atoms with Crippen LogP contribution in [0, 0.1) is 11.8 Å². The van der Waals surface area contributed by atoms with Crippen LogP contribution in [0.4, 0.5) is 10.5 Å². The molecule has 4 rings (SSSR count). The molecule has 31 heavy (non-hydrogen) atoms. The van der Waals surface area contributed by atoms with Crippen LogP contribution in [-0.2, 0) is 11.3 Å². The van der Waals surface area contributed by atoms with Gasteiger partial charge in [-0.25, -0.2) is 4.79 Å². The summed E-state index contributed by atoms with van der Waals surface area (Å²) in [6, 6.07) is 5.91. The van der Waals surface area contributed by atoms with Crippen molar-refractivity contribution in [2.75, 3.05) is 32.1 Å². The van der Waals surface area contributed by atoms with Crippen molar-refractivity contribution in [3.8, 4) is 0 Å². The predicted molar refractivity (Wildman–Crippen MR) is 122 cm³/mol. The first-order valence-electron chi connectivity index (χ1n) is 10.5. The second-order valence-corrected chi connectivity index (χ2v) is 9.55. The first kappa shape index (κ1) is 22.1. The van der Waals surface area contributed by atoms with Gasteiger partial charge in [-0.1, -0.05) is 23.2 Å². The molecule has 2 heterocycles. The van der Waals surface area contributed by atoms with Crippen molar-refractivity contribution in [3.63, 3.8) is 0 Å². The number of rotatable bonds is 4. The first-order chi connectivity index (χ1) is 14.7. The number of likely N-dealkylation sites (tertiary alicyclic amines) is 1. The lowest BCUT2D eigenvalue weighted by Gasteiger charge is -2.27. The Balaban J connectivity index is 1.34. The molecular weight excluding hydrogens is 437 g/mol. The Morgan fingerprint density at radius 2 is 1.84 bits per heavy atom. The van der Waals surface area contributed by atoms with E-state index in [1.54, 1.807) is 25.5 Å². The van der Waals surface area contributed by atoms with Gasteiger partial charge in [0.05, 0.1) is 18.1 Å². The molecule has 2 aliphatic rings. The Hall–Kier alpha value is -2.09. The van der Waals surface area contributed by atoms with E-state index < -0.39 is 0 Å². The van der Waals surface area contributed by atoms with Crippen LogP contribution in [-0.4, -0.2) is 64.7 Å². The minimum Gasteiger partial charge on any atom is -0.322 e. The number of nitrogens with zero attached hydrogens (tertiary/aromatic N) is 5. The van der Waals surface area contributed by atoms with Gasteiger partial charge in [0, 0.05) is 49.7 Å². The molecule has 1 aliphatic carbocycles. The highest BCUT2D eigenvalue weighted by Gasteiger charge is 2.43. The van der Waals surface area contributed by atoms with E-state index in [4.69, 9.17) is 23.2 Å². The van der Waals surface area contributed by atoms with Crippen LogP contribution < -0.4 is 4.90 Å². The number of halogens is 2. The Bertz CT molecular complexity index is 980. The van der Waals surface area contributed by atoms with Crippen LogP contribution in [0.25, 0.3) is 0 Å². The average Bonchev–Trinajstić information content (AvgIpc) is 3.44. The van der Waals surface area contributed by atoms with Crippen molar-refractivity contribution >= 4 is 40.8 Å². The Labute approximate surface area is 192 Å². The van der Waals surface area contributed by atoms with Crippen LogP contribution in [0.5, 0.6) is 0 Å². The summed E-state index contributed by atoms with van der Waals surface area (Å²) in [5.74, 6) is 0.874. The normalized spacial score (nSPS) is 22.8. The average molecular weight is 464 g/mol. The molecule has 1 saturated heterocycles. The number of anilines is 1. The molecular formula is C22H27Cl2N5O2. The maximum absolute atomic E-state index is 12.9. The lowest BCUT2D eigenvalue weighted by atomic mass is 10.0. The number of hydrogen-bond acceptors (Lipinski definition) is 4. The minimum atomic E-state index is -0.131. The number of aromatic nitrogens is 2. The van der Waals surface area contributed by atoms with E-state index in [-0.39, 0.29) is 11.9 Å². The second-order valence-electron chi connectivity index (χ2n) is 8.70. The summed E-state index contributed by atoms with van der Waals surface area (Å²) in [5.41, 5.74) is 1.65. The Morgan fingerprint density at radius 3 is 2.48 bits per heavy atom. The molecule has 3 atom stereocenters. The van der Waals surface area contributed by atoms with E-state index in [9.17, 15) is 9.59 Å². The molecule has 1 aromatic carbocycles. The van der Waals surface area contributed by atoms with Gasteiger partial charge in [-0.3, -0.25) is 9.69 Å². The Morgan fingerprint density at radius 1 is 1.16 bits per heavy atom. The number of carbonyl (C=O) groups is 2. The number of fused-ring (bicyclic) bond motifs is 1. The zero-order chi connectivity index (χ0) is 22.3. The zero-order valence-electron chi connectivity index (χ0n) is 18.0. The Kier molecular flexibility index (Phi) is 6.28. The van der Waals surface area contributed by atoms with Crippen molar-refractivity contribution in [1.82, 2.24) is 19.6 Å². The fraction of sp³-hybridized carbons (Fsp3) is 0.500. The summed E-state index contributed by atoms with van der Waals surface area (Å²) < 4.78 is 1.33. The molecule has 2 aromatic rings. The smallest absolute Gasteiger partial charge is 0.322 e. The molecule has 0 bridgehead atoms. The second kappa shape index (κ2) is 8.81. The van der Waals surface area contributed by atoms with Gasteiger partial charge in [0.15, 0.2) is 0 Å². The van der Waals surface area contributed by atoms with Crippen molar-refractivity contribution in [2.45, 2.75) is 32.4 Å². The third-order valence-corrected chi connectivity index (χ3v) is 7.28. The fourth-order valence-corrected chi connectivity index (χ4v) is 5.14. The van der Waals surface area contributed by atoms with Crippen molar-refractivity contribution in [1.29, 1.82) is 0 Å². The molecule has 166 valence electrons. The van der Waals surface area contributed by atoms with Crippen LogP contribution in [0.2, 0.25) is 10.0 Å². The summed E-state index contributed by atoms with van der Waals surface area (Å²) in [6.07, 6.45) is 5.27. The fourth-order valence-electron chi connectivity index (χ4n) is 4.76. The molecule has 1 aromatic heterocycles. The summed E-state index contributed by atoms with van der Waals surface area (Å²) in [4.78, 5) is 30.1. The van der Waals surface area contributed by atoms with Crippen LogP contribution in [0.3, 0.4) is 0 Å². The maximum Gasteiger partial charge on any atom is 0.344 e. The van der Waals surface area contributed by atoms with E-state index in [2.05, 4.69) is 17.0 Å². The number of carbonyl (C=O) groups excluding carboxylic acids is 2. The number of amides is 2. The topological polar surface area (TPSA) is 61.7 Å². The van der Waals surface area contributed by atoms with E-state index in [1.807, 2.05) is 17.0 Å². The van der Waals surface area contributed by atoms with Gasteiger partial charge in [0.1, 0.15) is 0 Å². The van der Waals surface area contributed by atoms with Crippen molar-refractivity contribution in [3.05, 3.63) is 46.2 Å². The quantitative estimate of drug-likeness (QED) is 0.687. The molecule has 1 aliphatic heterocycles. The molecule has 1 saturated carbocycles. The van der Waals surface area contributed by atoms with E-state index in [0.29, 0.717) is 28.6 Å². The zero-order valence-corrected chi connectivity index (χ0v) is 19.5. The highest BCUT2D eigenvalue weighted by Crippen LogP contribution is 2.40. The minimum absolute atomic E-state index is 0.100. The third-order valence-electron chi connectivity index (χ3n) is 6.67. The highest BCUT2D eigenvalue weighted by molar-refractivity contribution is 6.33. The van der Waals surface area contributed by atoms with Crippen LogP contribution in [0.15, 0.2) is 30.6 Å². The lowest BCUT2D eigenvalue weighted by molar-refractivity contribution is -0.116. The van der Waals surface area contributed by atoms with Gasteiger partial charge < -0.3 is 9.80 Å². The van der Waals surface area contributed by atoms with Gasteiger partial charge in [0.25, 0.3) is 0 Å². The SMILES string of the molecule is CC(=O)N(C)c1cnn(C(=O)N2C[C@H]3C[C@H](N(C)Cc4cc(Cl)ccc4Cl)C[C@H]3C2)c1. The van der Waals surface area contributed by atoms with Crippen LogP contribution in [0.1, 0.15) is 25.3 Å². The predicted octanol–water partition coefficient (Wildman–Crippen LogP) is 3.98. The third kappa shape index (κ3) is 4.59. The molecule has 9 heteroatoms. The molecule has 0 spiro atoms. The molecule has 0 N–H and O–H groups in total. The standard InChI is InChI=1S/C22H27Cl2N5O2/c1-14(30)27(3)20-9-25-29(13-20)22(31)28-11-15-7-19(8-16(15)12-28)26(2)10-17-6-18(23)4-5-21(17)24/h4-6,9,13,15-16,19H,7-8,10-12H2,1-3H3/t15-,16+,19+. The summed E-state index contributed by atoms with van der Waals surface area (Å²) in [5, 5.41) is 5.60. The highest BCUT2D eigenvalue weighted by atomic mass is 35.5. The van der Waals surface area contributed by atoms with Gasteiger partial charge >= 0.3 is 6.03 Å².